The first kappa shape index (κ1) is 22.2. The van der Waals surface area contributed by atoms with E-state index in [1.165, 1.54) is 11.1 Å². The van der Waals surface area contributed by atoms with E-state index in [9.17, 15) is 4.79 Å². The number of hydrogen-bond donors (Lipinski definition) is 0. The zero-order valence-corrected chi connectivity index (χ0v) is 20.1. The molecule has 1 atom stereocenters. The van der Waals surface area contributed by atoms with Gasteiger partial charge in [0.25, 0.3) is 5.91 Å². The molecule has 0 spiro atoms. The second-order valence-electron chi connectivity index (χ2n) is 8.25. The average molecular weight is 472 g/mol. The molecule has 1 amide bonds. The highest BCUT2D eigenvalue weighted by molar-refractivity contribution is 8.13. The quantitative estimate of drug-likeness (QED) is 0.498. The molecule has 2 aliphatic heterocycles. The van der Waals surface area contributed by atoms with Crippen LogP contribution < -0.4 is 9.47 Å². The lowest BCUT2D eigenvalue weighted by molar-refractivity contribution is -0.119. The maximum Gasteiger partial charge on any atom is 0.271 e. The Bertz CT molecular complexity index is 1300. The summed E-state index contributed by atoms with van der Waals surface area (Å²) in [4.78, 5) is 24.6. The predicted octanol–water partition coefficient (Wildman–Crippen LogP) is 5.15. The summed E-state index contributed by atoms with van der Waals surface area (Å²) in [6.45, 7) is 2.09. The first-order valence-corrected chi connectivity index (χ1v) is 12.0. The Morgan fingerprint density at radius 2 is 1.65 bits per heavy atom. The molecule has 3 aromatic rings. The van der Waals surface area contributed by atoms with E-state index in [0.29, 0.717) is 29.4 Å². The third-order valence-electron chi connectivity index (χ3n) is 5.93. The van der Waals surface area contributed by atoms with Crippen molar-refractivity contribution in [2.24, 2.45) is 9.98 Å². The monoisotopic (exact) mass is 471 g/mol. The number of ether oxygens (including phenoxy) is 2. The van der Waals surface area contributed by atoms with Crippen LogP contribution in [-0.2, 0) is 17.0 Å². The SMILES string of the molecule is COc1cc2c(cc1OC)C1=NC(=O)C(Cc3ccccc3)N1C(SCc1cccc(C)c1)=N2. The van der Waals surface area contributed by atoms with Crippen LogP contribution in [0.15, 0.2) is 76.7 Å². The molecule has 0 saturated carbocycles. The van der Waals surface area contributed by atoms with E-state index in [1.54, 1.807) is 26.0 Å². The van der Waals surface area contributed by atoms with Gasteiger partial charge in [0, 0.05) is 23.8 Å². The molecular formula is C27H25N3O3S. The van der Waals surface area contributed by atoms with E-state index in [4.69, 9.17) is 14.5 Å². The van der Waals surface area contributed by atoms with E-state index in [1.807, 2.05) is 47.4 Å². The van der Waals surface area contributed by atoms with Gasteiger partial charge in [0.2, 0.25) is 0 Å². The van der Waals surface area contributed by atoms with E-state index in [2.05, 4.69) is 36.2 Å². The fraction of sp³-hybridized carbons (Fsp3) is 0.222. The van der Waals surface area contributed by atoms with Gasteiger partial charge in [-0.1, -0.05) is 71.9 Å². The van der Waals surface area contributed by atoms with Crippen molar-refractivity contribution in [2.75, 3.05) is 14.2 Å². The average Bonchev–Trinajstić information content (AvgIpc) is 3.18. The van der Waals surface area contributed by atoms with Crippen LogP contribution in [0.5, 0.6) is 11.5 Å². The molecule has 6 nitrogen and oxygen atoms in total. The molecule has 5 rings (SSSR count). The number of carbonyl (C=O) groups excluding carboxylic acids is 1. The van der Waals surface area contributed by atoms with Gasteiger partial charge in [-0.05, 0) is 24.1 Å². The fourth-order valence-corrected chi connectivity index (χ4v) is 5.26. The number of benzene rings is 3. The first-order valence-electron chi connectivity index (χ1n) is 11.1. The fourth-order valence-electron chi connectivity index (χ4n) is 4.27. The maximum absolute atomic E-state index is 13.1. The van der Waals surface area contributed by atoms with Crippen LogP contribution >= 0.6 is 11.8 Å². The molecule has 2 heterocycles. The molecule has 0 N–H and O–H groups in total. The van der Waals surface area contributed by atoms with Gasteiger partial charge in [0.15, 0.2) is 16.7 Å². The van der Waals surface area contributed by atoms with Crippen LogP contribution in [0.2, 0.25) is 0 Å². The van der Waals surface area contributed by atoms with Crippen molar-refractivity contribution in [2.45, 2.75) is 25.1 Å². The van der Waals surface area contributed by atoms with Gasteiger partial charge in [-0.3, -0.25) is 9.69 Å². The second-order valence-corrected chi connectivity index (χ2v) is 9.19. The summed E-state index contributed by atoms with van der Waals surface area (Å²) in [5.41, 5.74) is 4.98. The molecule has 2 aliphatic rings. The third kappa shape index (κ3) is 4.19. The van der Waals surface area contributed by atoms with Crippen molar-refractivity contribution in [3.05, 3.63) is 89.0 Å². The molecule has 0 radical (unpaired) electrons. The maximum atomic E-state index is 13.1. The summed E-state index contributed by atoms with van der Waals surface area (Å²) in [5.74, 6) is 2.36. The number of fused-ring (bicyclic) bond motifs is 3. The van der Waals surface area contributed by atoms with Gasteiger partial charge < -0.3 is 9.47 Å². The predicted molar refractivity (Wildman–Crippen MR) is 136 cm³/mol. The molecule has 0 saturated heterocycles. The number of amides is 1. The molecular weight excluding hydrogens is 446 g/mol. The number of nitrogens with zero attached hydrogens (tertiary/aromatic N) is 3. The Labute approximate surface area is 203 Å². The first-order chi connectivity index (χ1) is 16.6. The van der Waals surface area contributed by atoms with Crippen LogP contribution in [0.25, 0.3) is 0 Å². The van der Waals surface area contributed by atoms with Gasteiger partial charge >= 0.3 is 0 Å². The van der Waals surface area contributed by atoms with Gasteiger partial charge in [0.05, 0.1) is 19.9 Å². The molecule has 0 fully saturated rings. The summed E-state index contributed by atoms with van der Waals surface area (Å²) in [5, 5.41) is 0.756. The van der Waals surface area contributed by atoms with Crippen LogP contribution in [0, 0.1) is 6.92 Å². The second kappa shape index (κ2) is 9.35. The number of hydrogen-bond acceptors (Lipinski definition) is 6. The number of methoxy groups -OCH3 is 2. The Hall–Kier alpha value is -3.58. The lowest BCUT2D eigenvalue weighted by Gasteiger charge is -2.31. The standard InChI is InChI=1S/C27H25N3O3S/c1-17-8-7-11-19(12-17)16-34-27-28-21-15-24(33-3)23(32-2)14-20(21)25-29-26(31)22(30(25)27)13-18-9-5-4-6-10-18/h4-12,14-15,22H,13,16H2,1-3H3. The molecule has 1 unspecified atom stereocenters. The van der Waals surface area contributed by atoms with Gasteiger partial charge in [-0.25, -0.2) is 4.99 Å². The summed E-state index contributed by atoms with van der Waals surface area (Å²) in [7, 11) is 3.19. The smallest absolute Gasteiger partial charge is 0.271 e. The lowest BCUT2D eigenvalue weighted by atomic mass is 10.0. The van der Waals surface area contributed by atoms with E-state index < -0.39 is 6.04 Å². The summed E-state index contributed by atoms with van der Waals surface area (Å²) >= 11 is 1.61. The molecule has 3 aromatic carbocycles. The van der Waals surface area contributed by atoms with Crippen LogP contribution in [0.1, 0.15) is 22.3 Å². The minimum Gasteiger partial charge on any atom is -0.493 e. The Kier molecular flexibility index (Phi) is 6.11. The minimum absolute atomic E-state index is 0.162. The molecule has 7 heteroatoms. The van der Waals surface area contributed by atoms with Gasteiger partial charge in [0.1, 0.15) is 11.9 Å². The summed E-state index contributed by atoms with van der Waals surface area (Å²) < 4.78 is 11.0. The van der Waals surface area contributed by atoms with Crippen molar-refractivity contribution in [1.29, 1.82) is 0 Å². The van der Waals surface area contributed by atoms with E-state index >= 15 is 0 Å². The van der Waals surface area contributed by atoms with Crippen molar-refractivity contribution in [3.8, 4) is 11.5 Å². The van der Waals surface area contributed by atoms with Crippen molar-refractivity contribution in [3.63, 3.8) is 0 Å². The number of thioether (sulfide) groups is 1. The molecule has 0 aliphatic carbocycles. The van der Waals surface area contributed by atoms with Crippen molar-refractivity contribution in [1.82, 2.24) is 4.90 Å². The summed E-state index contributed by atoms with van der Waals surface area (Å²) in [6, 6.07) is 21.7. The van der Waals surface area contributed by atoms with Crippen molar-refractivity contribution < 1.29 is 14.3 Å². The highest BCUT2D eigenvalue weighted by Crippen LogP contribution is 2.41. The number of aliphatic imine (C=N–C) groups is 2. The Balaban J connectivity index is 1.55. The van der Waals surface area contributed by atoms with Crippen LogP contribution in [0.4, 0.5) is 5.69 Å². The van der Waals surface area contributed by atoms with Crippen LogP contribution in [0.3, 0.4) is 0 Å². The zero-order chi connectivity index (χ0) is 23.7. The third-order valence-corrected chi connectivity index (χ3v) is 6.95. The van der Waals surface area contributed by atoms with Crippen LogP contribution in [-0.4, -0.2) is 42.1 Å². The van der Waals surface area contributed by atoms with Gasteiger partial charge in [-0.15, -0.1) is 0 Å². The Morgan fingerprint density at radius 3 is 2.38 bits per heavy atom. The number of rotatable bonds is 6. The molecule has 34 heavy (non-hydrogen) atoms. The normalized spacial score (nSPS) is 16.5. The minimum atomic E-state index is -0.442. The number of carbonyl (C=O) groups is 1. The number of aryl methyl sites for hydroxylation is 1. The molecule has 172 valence electrons. The molecule has 0 aromatic heterocycles. The van der Waals surface area contributed by atoms with Crippen molar-refractivity contribution >= 4 is 34.4 Å². The van der Waals surface area contributed by atoms with E-state index in [0.717, 1.165) is 22.0 Å². The largest absolute Gasteiger partial charge is 0.493 e. The highest BCUT2D eigenvalue weighted by atomic mass is 32.2. The highest BCUT2D eigenvalue weighted by Gasteiger charge is 2.42. The Morgan fingerprint density at radius 1 is 0.912 bits per heavy atom. The van der Waals surface area contributed by atoms with Gasteiger partial charge in [-0.2, -0.15) is 4.99 Å². The zero-order valence-electron chi connectivity index (χ0n) is 19.3. The summed E-state index contributed by atoms with van der Waals surface area (Å²) in [6.07, 6.45) is 0.555. The lowest BCUT2D eigenvalue weighted by Crippen LogP contribution is -2.44. The topological polar surface area (TPSA) is 63.5 Å². The van der Waals surface area contributed by atoms with E-state index in [-0.39, 0.29) is 5.91 Å². The molecule has 0 bridgehead atoms. The number of amidine groups is 2.